The van der Waals surface area contributed by atoms with Crippen molar-refractivity contribution in [3.63, 3.8) is 0 Å². The number of hydrogen-bond acceptors (Lipinski definition) is 3. The normalized spacial score (nSPS) is 45.3. The molecular formula is C15H30N2O. The summed E-state index contributed by atoms with van der Waals surface area (Å²) in [6, 6.07) is 0.478. The molecule has 0 aliphatic heterocycles. The summed E-state index contributed by atoms with van der Waals surface area (Å²) >= 11 is 0. The van der Waals surface area contributed by atoms with E-state index in [1.807, 2.05) is 0 Å². The molecule has 0 saturated heterocycles. The second-order valence-electron chi connectivity index (χ2n) is 6.64. The quantitative estimate of drug-likeness (QED) is 0.718. The van der Waals surface area contributed by atoms with Crippen LogP contribution in [0.15, 0.2) is 0 Å². The van der Waals surface area contributed by atoms with Gasteiger partial charge in [-0.25, -0.2) is 0 Å². The lowest BCUT2D eigenvalue weighted by Crippen LogP contribution is -2.62. The molecule has 0 aromatic rings. The monoisotopic (exact) mass is 254 g/mol. The molecule has 2 saturated carbocycles. The van der Waals surface area contributed by atoms with Crippen LogP contribution < -0.4 is 11.1 Å². The Bertz CT molecular complexity index is 271. The predicted molar refractivity (Wildman–Crippen MR) is 75.3 cm³/mol. The van der Waals surface area contributed by atoms with Gasteiger partial charge in [-0.15, -0.1) is 0 Å². The van der Waals surface area contributed by atoms with Crippen molar-refractivity contribution < 1.29 is 5.11 Å². The van der Waals surface area contributed by atoms with E-state index in [2.05, 4.69) is 19.2 Å². The maximum Gasteiger partial charge on any atom is 0.0474 e. The van der Waals surface area contributed by atoms with Gasteiger partial charge in [0.2, 0.25) is 0 Å². The van der Waals surface area contributed by atoms with Crippen molar-refractivity contribution in [2.75, 3.05) is 13.2 Å². The average molecular weight is 254 g/mol. The molecule has 0 bridgehead atoms. The highest BCUT2D eigenvalue weighted by atomic mass is 16.3. The Balaban J connectivity index is 2.07. The molecule has 0 heterocycles. The zero-order chi connectivity index (χ0) is 13.2. The van der Waals surface area contributed by atoms with Crippen LogP contribution in [0.25, 0.3) is 0 Å². The number of hydrogen-bond donors (Lipinski definition) is 3. The highest BCUT2D eigenvalue weighted by Crippen LogP contribution is 2.39. The van der Waals surface area contributed by atoms with Crippen LogP contribution in [0.1, 0.15) is 52.4 Å². The van der Waals surface area contributed by atoms with Crippen LogP contribution in [0.4, 0.5) is 0 Å². The van der Waals surface area contributed by atoms with E-state index < -0.39 is 0 Å². The lowest BCUT2D eigenvalue weighted by atomic mass is 9.68. The van der Waals surface area contributed by atoms with Crippen molar-refractivity contribution in [2.45, 2.75) is 64.0 Å². The standard InChI is InChI=1S/C15H30N2O/c1-11-5-4-8-15(10-16,12(11)2)17-14-7-3-6-13(14)9-18/h11-14,17-18H,3-10,16H2,1-2H3. The minimum Gasteiger partial charge on any atom is -0.396 e. The maximum atomic E-state index is 9.47. The highest BCUT2D eigenvalue weighted by Gasteiger charge is 2.43. The predicted octanol–water partition coefficient (Wildman–Crippen LogP) is 1.89. The molecular weight excluding hydrogens is 224 g/mol. The van der Waals surface area contributed by atoms with Gasteiger partial charge in [0.1, 0.15) is 0 Å². The zero-order valence-corrected chi connectivity index (χ0v) is 12.0. The summed E-state index contributed by atoms with van der Waals surface area (Å²) in [7, 11) is 0. The van der Waals surface area contributed by atoms with E-state index in [0.717, 1.165) is 12.5 Å². The van der Waals surface area contributed by atoms with Crippen molar-refractivity contribution >= 4 is 0 Å². The van der Waals surface area contributed by atoms with Crippen LogP contribution in [-0.2, 0) is 0 Å². The largest absolute Gasteiger partial charge is 0.396 e. The number of rotatable bonds is 4. The fraction of sp³-hybridized carbons (Fsp3) is 1.00. The summed E-state index contributed by atoms with van der Waals surface area (Å²) in [6.45, 7) is 5.76. The first kappa shape index (κ1) is 14.3. The molecule has 3 heteroatoms. The van der Waals surface area contributed by atoms with Crippen molar-refractivity contribution in [2.24, 2.45) is 23.5 Å². The maximum absolute atomic E-state index is 9.47. The molecule has 0 amide bonds. The van der Waals surface area contributed by atoms with Gasteiger partial charge >= 0.3 is 0 Å². The first-order valence-electron chi connectivity index (χ1n) is 7.71. The summed E-state index contributed by atoms with van der Waals surface area (Å²) in [5.74, 6) is 1.83. The molecule has 2 fully saturated rings. The third-order valence-corrected chi connectivity index (χ3v) is 5.74. The van der Waals surface area contributed by atoms with Crippen LogP contribution >= 0.6 is 0 Å². The van der Waals surface area contributed by atoms with Gasteiger partial charge in [-0.05, 0) is 37.0 Å². The molecule has 5 unspecified atom stereocenters. The molecule has 3 nitrogen and oxygen atoms in total. The summed E-state index contributed by atoms with van der Waals surface area (Å²) in [6.07, 6.45) is 7.43. The van der Waals surface area contributed by atoms with Gasteiger partial charge in [-0.3, -0.25) is 0 Å². The lowest BCUT2D eigenvalue weighted by Gasteiger charge is -2.48. The van der Waals surface area contributed by atoms with E-state index in [1.54, 1.807) is 0 Å². The van der Waals surface area contributed by atoms with Gasteiger partial charge in [0.15, 0.2) is 0 Å². The van der Waals surface area contributed by atoms with Crippen LogP contribution in [0.5, 0.6) is 0 Å². The average Bonchev–Trinajstić information content (AvgIpc) is 2.82. The SMILES string of the molecule is CC1CCCC(CN)(NC2CCCC2CO)C1C. The van der Waals surface area contributed by atoms with Gasteiger partial charge < -0.3 is 16.2 Å². The second-order valence-corrected chi connectivity index (χ2v) is 6.64. The van der Waals surface area contributed by atoms with Crippen LogP contribution in [0.2, 0.25) is 0 Å². The summed E-state index contributed by atoms with van der Waals surface area (Å²) in [5.41, 5.74) is 6.24. The first-order chi connectivity index (χ1) is 8.63. The summed E-state index contributed by atoms with van der Waals surface area (Å²) in [5, 5.41) is 13.3. The van der Waals surface area contributed by atoms with E-state index in [9.17, 15) is 5.11 Å². The Kier molecular flexibility index (Phi) is 4.68. The van der Waals surface area contributed by atoms with Gasteiger partial charge in [-0.1, -0.05) is 33.1 Å². The number of nitrogens with one attached hydrogen (secondary N) is 1. The van der Waals surface area contributed by atoms with Gasteiger partial charge in [0.25, 0.3) is 0 Å². The molecule has 0 aromatic heterocycles. The van der Waals surface area contributed by atoms with Crippen molar-refractivity contribution in [3.05, 3.63) is 0 Å². The van der Waals surface area contributed by atoms with E-state index in [0.29, 0.717) is 24.5 Å². The molecule has 0 radical (unpaired) electrons. The van der Waals surface area contributed by atoms with Crippen LogP contribution in [0, 0.1) is 17.8 Å². The smallest absolute Gasteiger partial charge is 0.0474 e. The van der Waals surface area contributed by atoms with Crippen LogP contribution in [0.3, 0.4) is 0 Å². The third-order valence-electron chi connectivity index (χ3n) is 5.74. The van der Waals surface area contributed by atoms with Crippen molar-refractivity contribution in [1.82, 2.24) is 5.32 Å². The van der Waals surface area contributed by atoms with Gasteiger partial charge in [-0.2, -0.15) is 0 Å². The lowest BCUT2D eigenvalue weighted by molar-refractivity contribution is 0.0836. The molecule has 2 aliphatic rings. The summed E-state index contributed by atoms with van der Waals surface area (Å²) in [4.78, 5) is 0. The Morgan fingerprint density at radius 3 is 2.67 bits per heavy atom. The van der Waals surface area contributed by atoms with Gasteiger partial charge in [0.05, 0.1) is 0 Å². The molecule has 2 rings (SSSR count). The molecule has 4 N–H and O–H groups in total. The first-order valence-corrected chi connectivity index (χ1v) is 7.71. The number of nitrogens with two attached hydrogens (primary N) is 1. The molecule has 5 atom stereocenters. The van der Waals surface area contributed by atoms with E-state index in [4.69, 9.17) is 5.73 Å². The number of aliphatic hydroxyl groups is 1. The number of aliphatic hydroxyl groups excluding tert-OH is 1. The summed E-state index contributed by atoms with van der Waals surface area (Å²) < 4.78 is 0. The van der Waals surface area contributed by atoms with Crippen molar-refractivity contribution in [3.8, 4) is 0 Å². The molecule has 0 spiro atoms. The Hall–Kier alpha value is -0.120. The van der Waals surface area contributed by atoms with Gasteiger partial charge in [0, 0.05) is 24.7 Å². The molecule has 106 valence electrons. The van der Waals surface area contributed by atoms with E-state index in [-0.39, 0.29) is 5.54 Å². The highest BCUT2D eigenvalue weighted by molar-refractivity contribution is 5.02. The Morgan fingerprint density at radius 2 is 2.00 bits per heavy atom. The third kappa shape index (κ3) is 2.59. The Labute approximate surface area is 112 Å². The molecule has 0 aromatic carbocycles. The fourth-order valence-corrected chi connectivity index (χ4v) is 4.13. The van der Waals surface area contributed by atoms with E-state index in [1.165, 1.54) is 38.5 Å². The van der Waals surface area contributed by atoms with E-state index >= 15 is 0 Å². The van der Waals surface area contributed by atoms with Crippen LogP contribution in [-0.4, -0.2) is 29.8 Å². The molecule has 2 aliphatic carbocycles. The second kappa shape index (κ2) is 5.89. The Morgan fingerprint density at radius 1 is 1.22 bits per heavy atom. The van der Waals surface area contributed by atoms with Crippen molar-refractivity contribution in [1.29, 1.82) is 0 Å². The molecule has 18 heavy (non-hydrogen) atoms. The minimum absolute atomic E-state index is 0.111. The topological polar surface area (TPSA) is 58.3 Å². The minimum atomic E-state index is 0.111. The fourth-order valence-electron chi connectivity index (χ4n) is 4.13. The zero-order valence-electron chi connectivity index (χ0n) is 12.0.